The average Bonchev–Trinajstić information content (AvgIpc) is 2.82. The number of hydrogen-bond donors (Lipinski definition) is 0. The Balaban J connectivity index is 2.04. The Morgan fingerprint density at radius 1 is 1.52 bits per heavy atom. The van der Waals surface area contributed by atoms with Gasteiger partial charge in [-0.05, 0) is 12.1 Å². The van der Waals surface area contributed by atoms with Crippen molar-refractivity contribution in [1.29, 1.82) is 0 Å². The number of halogens is 1. The lowest BCUT2D eigenvalue weighted by Crippen LogP contribution is -2.03. The zero-order valence-corrected chi connectivity index (χ0v) is 11.6. The molecule has 0 radical (unpaired) electrons. The van der Waals surface area contributed by atoms with Gasteiger partial charge < -0.3 is 4.74 Å². The highest BCUT2D eigenvalue weighted by Crippen LogP contribution is 2.28. The average molecular weight is 308 g/mol. The summed E-state index contributed by atoms with van der Waals surface area (Å²) in [7, 11) is 1.76. The molecule has 0 saturated heterocycles. The van der Waals surface area contributed by atoms with Crippen LogP contribution in [0.2, 0.25) is 5.02 Å². The number of benzene rings is 1. The van der Waals surface area contributed by atoms with E-state index >= 15 is 0 Å². The monoisotopic (exact) mass is 307 g/mol. The Kier molecular flexibility index (Phi) is 4.34. The van der Waals surface area contributed by atoms with E-state index < -0.39 is 10.9 Å². The first-order valence-electron chi connectivity index (χ1n) is 5.78. The molecule has 0 amide bonds. The Hall–Kier alpha value is -2.67. The van der Waals surface area contributed by atoms with Gasteiger partial charge in [-0.2, -0.15) is 5.10 Å². The molecule has 1 aromatic heterocycles. The van der Waals surface area contributed by atoms with Gasteiger partial charge in [0, 0.05) is 37.0 Å². The SMILES string of the molecule is Cn1cc(/C=C/C(=O)Oc2ccc([N+](=O)[O-])c(Cl)c2)cn1. The molecular formula is C13H10ClN3O4. The fourth-order valence-electron chi connectivity index (χ4n) is 1.54. The Bertz CT molecular complexity index is 724. The number of nitro groups is 1. The Morgan fingerprint density at radius 2 is 2.29 bits per heavy atom. The van der Waals surface area contributed by atoms with E-state index in [1.54, 1.807) is 30.2 Å². The van der Waals surface area contributed by atoms with Gasteiger partial charge in [0.25, 0.3) is 5.69 Å². The standard InChI is InChI=1S/C13H10ClN3O4/c1-16-8-9(7-15-16)2-5-13(18)21-10-3-4-12(17(19)20)11(14)6-10/h2-8H,1H3/b5-2+. The number of nitrogens with zero attached hydrogens (tertiary/aromatic N) is 3. The van der Waals surface area contributed by atoms with Crippen LogP contribution in [0.25, 0.3) is 6.08 Å². The van der Waals surface area contributed by atoms with Crippen LogP contribution in [0.3, 0.4) is 0 Å². The molecule has 21 heavy (non-hydrogen) atoms. The normalized spacial score (nSPS) is 10.8. The molecule has 2 rings (SSSR count). The summed E-state index contributed by atoms with van der Waals surface area (Å²) in [6.45, 7) is 0. The molecule has 0 N–H and O–H groups in total. The zero-order chi connectivity index (χ0) is 15.4. The maximum absolute atomic E-state index is 11.6. The molecule has 0 aliphatic heterocycles. The van der Waals surface area contributed by atoms with Crippen molar-refractivity contribution >= 4 is 29.3 Å². The first kappa shape index (κ1) is 14.7. The van der Waals surface area contributed by atoms with Crippen molar-refractivity contribution in [2.75, 3.05) is 0 Å². The summed E-state index contributed by atoms with van der Waals surface area (Å²) >= 11 is 5.72. The Labute approximate surface area is 124 Å². The van der Waals surface area contributed by atoms with Crippen LogP contribution in [0, 0.1) is 10.1 Å². The fourth-order valence-corrected chi connectivity index (χ4v) is 1.78. The van der Waals surface area contributed by atoms with Crippen molar-refractivity contribution in [1.82, 2.24) is 9.78 Å². The van der Waals surface area contributed by atoms with E-state index in [0.29, 0.717) is 0 Å². The van der Waals surface area contributed by atoms with Gasteiger partial charge in [-0.25, -0.2) is 4.79 Å². The van der Waals surface area contributed by atoms with E-state index in [1.807, 2.05) is 0 Å². The number of carbonyl (C=O) groups excluding carboxylic acids is 1. The highest BCUT2D eigenvalue weighted by molar-refractivity contribution is 6.32. The molecule has 0 bridgehead atoms. The van der Waals surface area contributed by atoms with Crippen LogP contribution < -0.4 is 4.74 Å². The first-order valence-corrected chi connectivity index (χ1v) is 6.16. The molecule has 0 saturated carbocycles. The number of carbonyl (C=O) groups is 1. The molecule has 2 aromatic rings. The first-order chi connectivity index (χ1) is 9.95. The van der Waals surface area contributed by atoms with E-state index in [9.17, 15) is 14.9 Å². The van der Waals surface area contributed by atoms with Gasteiger partial charge in [0.15, 0.2) is 0 Å². The third-order valence-corrected chi connectivity index (χ3v) is 2.77. The van der Waals surface area contributed by atoms with Crippen LogP contribution >= 0.6 is 11.6 Å². The second-order valence-corrected chi connectivity index (χ2v) is 4.48. The lowest BCUT2D eigenvalue weighted by Gasteiger charge is -2.01. The third kappa shape index (κ3) is 3.90. The number of aromatic nitrogens is 2. The molecular weight excluding hydrogens is 298 g/mol. The van der Waals surface area contributed by atoms with Gasteiger partial charge >= 0.3 is 5.97 Å². The predicted octanol–water partition coefficient (Wildman–Crippen LogP) is 2.60. The van der Waals surface area contributed by atoms with Gasteiger partial charge in [0.05, 0.1) is 11.1 Å². The second-order valence-electron chi connectivity index (χ2n) is 4.07. The summed E-state index contributed by atoms with van der Waals surface area (Å²) in [4.78, 5) is 21.6. The fraction of sp³-hybridized carbons (Fsp3) is 0.0769. The second kappa shape index (κ2) is 6.19. The molecule has 0 aliphatic rings. The van der Waals surface area contributed by atoms with Crippen molar-refractivity contribution in [2.45, 2.75) is 0 Å². The van der Waals surface area contributed by atoms with Crippen LogP contribution in [0.15, 0.2) is 36.7 Å². The van der Waals surface area contributed by atoms with Crippen molar-refractivity contribution < 1.29 is 14.5 Å². The quantitative estimate of drug-likeness (QED) is 0.285. The third-order valence-electron chi connectivity index (χ3n) is 2.47. The summed E-state index contributed by atoms with van der Waals surface area (Å²) in [6, 6.07) is 3.70. The van der Waals surface area contributed by atoms with Crippen molar-refractivity contribution in [3.63, 3.8) is 0 Å². The highest BCUT2D eigenvalue weighted by Gasteiger charge is 2.13. The van der Waals surface area contributed by atoms with E-state index in [1.165, 1.54) is 24.3 Å². The number of nitro benzene ring substituents is 1. The predicted molar refractivity (Wildman–Crippen MR) is 76.0 cm³/mol. The molecule has 0 fully saturated rings. The highest BCUT2D eigenvalue weighted by atomic mass is 35.5. The summed E-state index contributed by atoms with van der Waals surface area (Å²) in [5.74, 6) is -0.491. The van der Waals surface area contributed by atoms with Gasteiger partial charge in [-0.3, -0.25) is 14.8 Å². The topological polar surface area (TPSA) is 87.3 Å². The molecule has 8 heteroatoms. The minimum absolute atomic E-state index is 0.0958. The van der Waals surface area contributed by atoms with E-state index in [2.05, 4.69) is 5.10 Å². The molecule has 7 nitrogen and oxygen atoms in total. The van der Waals surface area contributed by atoms with E-state index in [-0.39, 0.29) is 16.5 Å². The van der Waals surface area contributed by atoms with Crippen LogP contribution in [0.4, 0.5) is 5.69 Å². The van der Waals surface area contributed by atoms with Crippen LogP contribution in [0.5, 0.6) is 5.75 Å². The van der Waals surface area contributed by atoms with Crippen molar-refractivity contribution in [2.24, 2.45) is 7.05 Å². The minimum atomic E-state index is -0.622. The van der Waals surface area contributed by atoms with E-state index in [4.69, 9.17) is 16.3 Å². The lowest BCUT2D eigenvalue weighted by molar-refractivity contribution is -0.384. The molecule has 108 valence electrons. The molecule has 0 unspecified atom stereocenters. The maximum Gasteiger partial charge on any atom is 0.336 e. The molecule has 0 atom stereocenters. The summed E-state index contributed by atoms with van der Waals surface area (Å²) < 4.78 is 6.60. The zero-order valence-electron chi connectivity index (χ0n) is 10.9. The van der Waals surface area contributed by atoms with Crippen LogP contribution in [0.1, 0.15) is 5.56 Å². The number of hydrogen-bond acceptors (Lipinski definition) is 5. The smallest absolute Gasteiger partial charge is 0.336 e. The Morgan fingerprint density at radius 3 is 2.86 bits per heavy atom. The van der Waals surface area contributed by atoms with Gasteiger partial charge in [0.1, 0.15) is 10.8 Å². The summed E-state index contributed by atoms with van der Waals surface area (Å²) in [5.41, 5.74) is 0.499. The number of aryl methyl sites for hydroxylation is 1. The van der Waals surface area contributed by atoms with E-state index in [0.717, 1.165) is 5.56 Å². The molecule has 0 aliphatic carbocycles. The van der Waals surface area contributed by atoms with Crippen molar-refractivity contribution in [3.8, 4) is 5.75 Å². The van der Waals surface area contributed by atoms with Gasteiger partial charge in [0.2, 0.25) is 0 Å². The summed E-state index contributed by atoms with van der Waals surface area (Å²) in [5, 5.41) is 14.5. The van der Waals surface area contributed by atoms with Gasteiger partial charge in [-0.15, -0.1) is 0 Å². The van der Waals surface area contributed by atoms with Crippen LogP contribution in [-0.4, -0.2) is 20.7 Å². The lowest BCUT2D eigenvalue weighted by atomic mass is 10.3. The molecule has 1 aromatic carbocycles. The molecule has 0 spiro atoms. The maximum atomic E-state index is 11.6. The minimum Gasteiger partial charge on any atom is -0.423 e. The number of rotatable bonds is 4. The summed E-state index contributed by atoms with van der Waals surface area (Å²) in [6.07, 6.45) is 6.09. The number of ether oxygens (including phenoxy) is 1. The molecule has 1 heterocycles. The van der Waals surface area contributed by atoms with Crippen LogP contribution in [-0.2, 0) is 11.8 Å². The van der Waals surface area contributed by atoms with Crippen molar-refractivity contribution in [3.05, 3.63) is 57.4 Å². The largest absolute Gasteiger partial charge is 0.423 e. The number of esters is 1. The van der Waals surface area contributed by atoms with Gasteiger partial charge in [-0.1, -0.05) is 11.6 Å².